The van der Waals surface area contributed by atoms with Crippen molar-refractivity contribution in [3.8, 4) is 11.1 Å². The molecule has 0 spiro atoms. The van der Waals surface area contributed by atoms with E-state index in [0.717, 1.165) is 30.4 Å². The van der Waals surface area contributed by atoms with Crippen LogP contribution in [0.3, 0.4) is 0 Å². The smallest absolute Gasteiger partial charge is 0.407 e. The summed E-state index contributed by atoms with van der Waals surface area (Å²) in [6, 6.07) is 15.6. The van der Waals surface area contributed by atoms with E-state index in [0.29, 0.717) is 19.3 Å². The predicted molar refractivity (Wildman–Crippen MR) is 133 cm³/mol. The lowest BCUT2D eigenvalue weighted by molar-refractivity contribution is -0.144. The highest BCUT2D eigenvalue weighted by molar-refractivity contribution is 5.80. The van der Waals surface area contributed by atoms with Gasteiger partial charge in [-0.3, -0.25) is 9.59 Å². The van der Waals surface area contributed by atoms with Crippen LogP contribution in [0.4, 0.5) is 4.79 Å². The summed E-state index contributed by atoms with van der Waals surface area (Å²) in [6.45, 7) is 2.21. The molecule has 1 fully saturated rings. The summed E-state index contributed by atoms with van der Waals surface area (Å²) < 4.78 is 5.64. The molecule has 1 unspecified atom stereocenters. The van der Waals surface area contributed by atoms with Crippen molar-refractivity contribution in [2.24, 2.45) is 5.92 Å². The van der Waals surface area contributed by atoms with E-state index in [1.807, 2.05) is 31.2 Å². The van der Waals surface area contributed by atoms with Crippen LogP contribution in [-0.4, -0.2) is 41.8 Å². The second-order valence-corrected chi connectivity index (χ2v) is 9.56. The first-order valence-electron chi connectivity index (χ1n) is 12.6. The first kappa shape index (κ1) is 24.8. The van der Waals surface area contributed by atoms with E-state index in [1.54, 1.807) is 0 Å². The average molecular weight is 479 g/mol. The molecule has 0 aliphatic heterocycles. The monoisotopic (exact) mass is 478 g/mol. The van der Waals surface area contributed by atoms with Gasteiger partial charge in [0.15, 0.2) is 0 Å². The molecule has 4 rings (SSSR count). The molecular formula is C28H34N2O5. The molecule has 0 aromatic heterocycles. The zero-order valence-corrected chi connectivity index (χ0v) is 20.2. The van der Waals surface area contributed by atoms with Crippen molar-refractivity contribution in [1.29, 1.82) is 0 Å². The molecule has 186 valence electrons. The molecule has 2 aliphatic carbocycles. The van der Waals surface area contributed by atoms with E-state index in [1.165, 1.54) is 11.1 Å². The van der Waals surface area contributed by atoms with Crippen LogP contribution >= 0.6 is 0 Å². The minimum absolute atomic E-state index is 0.0275. The number of fused-ring (bicyclic) bond motifs is 3. The fraction of sp³-hybridized carbons (Fsp3) is 0.464. The molecule has 0 heterocycles. The normalized spacial score (nSPS) is 19.8. The van der Waals surface area contributed by atoms with Gasteiger partial charge in [-0.1, -0.05) is 74.7 Å². The molecule has 2 amide bonds. The number of aliphatic carboxylic acids is 1. The van der Waals surface area contributed by atoms with Gasteiger partial charge in [0.05, 0.1) is 5.92 Å². The lowest BCUT2D eigenvalue weighted by Crippen LogP contribution is -2.47. The van der Waals surface area contributed by atoms with E-state index >= 15 is 0 Å². The van der Waals surface area contributed by atoms with Gasteiger partial charge in [-0.15, -0.1) is 0 Å². The fourth-order valence-electron chi connectivity index (χ4n) is 5.47. The summed E-state index contributed by atoms with van der Waals surface area (Å²) in [4.78, 5) is 36.9. The topological polar surface area (TPSA) is 105 Å². The first-order chi connectivity index (χ1) is 17.0. The maximum Gasteiger partial charge on any atom is 0.407 e. The minimum Gasteiger partial charge on any atom is -0.481 e. The van der Waals surface area contributed by atoms with Crippen molar-refractivity contribution >= 4 is 18.0 Å². The number of nitrogens with one attached hydrogen (secondary N) is 2. The van der Waals surface area contributed by atoms with E-state index < -0.39 is 18.0 Å². The van der Waals surface area contributed by atoms with Crippen LogP contribution in [-0.2, 0) is 14.3 Å². The molecule has 7 nitrogen and oxygen atoms in total. The van der Waals surface area contributed by atoms with Crippen LogP contribution in [0.25, 0.3) is 11.1 Å². The first-order valence-corrected chi connectivity index (χ1v) is 12.6. The van der Waals surface area contributed by atoms with E-state index in [9.17, 15) is 19.5 Å². The van der Waals surface area contributed by atoms with Crippen molar-refractivity contribution < 1.29 is 24.2 Å². The van der Waals surface area contributed by atoms with Crippen LogP contribution in [0.15, 0.2) is 48.5 Å². The van der Waals surface area contributed by atoms with Gasteiger partial charge in [-0.25, -0.2) is 4.79 Å². The number of benzene rings is 2. The van der Waals surface area contributed by atoms with Crippen LogP contribution < -0.4 is 10.6 Å². The Morgan fingerprint density at radius 1 is 1.00 bits per heavy atom. The number of carbonyl (C=O) groups is 3. The van der Waals surface area contributed by atoms with Gasteiger partial charge >= 0.3 is 12.1 Å². The molecule has 0 saturated heterocycles. The predicted octanol–water partition coefficient (Wildman–Crippen LogP) is 4.84. The molecule has 0 radical (unpaired) electrons. The summed E-state index contributed by atoms with van der Waals surface area (Å²) in [5.41, 5.74) is 4.62. The Labute approximate surface area is 206 Å². The fourth-order valence-corrected chi connectivity index (χ4v) is 5.47. The van der Waals surface area contributed by atoms with Gasteiger partial charge < -0.3 is 20.5 Å². The van der Waals surface area contributed by atoms with Gasteiger partial charge in [0.25, 0.3) is 0 Å². The molecular weight excluding hydrogens is 444 g/mol. The van der Waals surface area contributed by atoms with E-state index in [-0.39, 0.29) is 36.9 Å². The maximum absolute atomic E-state index is 12.7. The van der Waals surface area contributed by atoms with Crippen LogP contribution in [0, 0.1) is 5.92 Å². The summed E-state index contributed by atoms with van der Waals surface area (Å²) in [7, 11) is 0. The second-order valence-electron chi connectivity index (χ2n) is 9.56. The molecule has 2 aromatic carbocycles. The molecule has 3 atom stereocenters. The Bertz CT molecular complexity index is 1020. The van der Waals surface area contributed by atoms with Crippen molar-refractivity contribution in [2.75, 3.05) is 6.61 Å². The van der Waals surface area contributed by atoms with Crippen LogP contribution in [0.2, 0.25) is 0 Å². The van der Waals surface area contributed by atoms with Crippen molar-refractivity contribution in [3.05, 3.63) is 59.7 Å². The Hall–Kier alpha value is -3.35. The molecule has 35 heavy (non-hydrogen) atoms. The third-order valence-corrected chi connectivity index (χ3v) is 7.16. The highest BCUT2D eigenvalue weighted by Gasteiger charge is 2.33. The molecule has 7 heteroatoms. The zero-order valence-electron chi connectivity index (χ0n) is 20.2. The molecule has 1 saturated carbocycles. The number of carboxylic acids is 1. The summed E-state index contributed by atoms with van der Waals surface area (Å²) in [5, 5.41) is 15.2. The molecule has 0 bridgehead atoms. The highest BCUT2D eigenvalue weighted by atomic mass is 16.5. The zero-order chi connectivity index (χ0) is 24.8. The van der Waals surface area contributed by atoms with Gasteiger partial charge in [0.1, 0.15) is 6.61 Å². The maximum atomic E-state index is 12.7. The van der Waals surface area contributed by atoms with Gasteiger partial charge in [-0.2, -0.15) is 0 Å². The van der Waals surface area contributed by atoms with E-state index in [2.05, 4.69) is 34.9 Å². The minimum atomic E-state index is -0.864. The Morgan fingerprint density at radius 3 is 2.26 bits per heavy atom. The summed E-state index contributed by atoms with van der Waals surface area (Å²) in [5.74, 6) is -1.68. The van der Waals surface area contributed by atoms with Crippen molar-refractivity contribution in [1.82, 2.24) is 10.6 Å². The lowest BCUT2D eigenvalue weighted by atomic mass is 9.84. The molecule has 3 N–H and O–H groups in total. The summed E-state index contributed by atoms with van der Waals surface area (Å²) in [6.07, 6.45) is 4.00. The van der Waals surface area contributed by atoms with Gasteiger partial charge in [-0.05, 0) is 41.5 Å². The van der Waals surface area contributed by atoms with Gasteiger partial charge in [0.2, 0.25) is 5.91 Å². The van der Waals surface area contributed by atoms with E-state index in [4.69, 9.17) is 4.74 Å². The SMILES string of the molecule is CCCC(CC(=O)N[C@@H]1CCCC[C@@H]1C(=O)O)NC(=O)OCC1c2ccccc2-c2ccccc21. The largest absolute Gasteiger partial charge is 0.481 e. The molecule has 2 aromatic rings. The quantitative estimate of drug-likeness (QED) is 0.478. The Morgan fingerprint density at radius 2 is 1.63 bits per heavy atom. The Balaban J connectivity index is 1.33. The Kier molecular flexibility index (Phi) is 8.06. The van der Waals surface area contributed by atoms with Crippen molar-refractivity contribution in [2.45, 2.75) is 69.9 Å². The number of carbonyl (C=O) groups excluding carboxylic acids is 2. The standard InChI is InChI=1S/C28H34N2O5/c1-2-9-18(16-26(31)30-25-15-8-7-14-23(25)27(32)33)29-28(34)35-17-24-21-12-5-3-10-19(21)20-11-4-6-13-22(20)24/h3-6,10-13,18,23-25H,2,7-9,14-17H2,1H3,(H,29,34)(H,30,31)(H,32,33)/t18?,23-,25+/m0/s1. The number of hydrogen-bond donors (Lipinski definition) is 3. The van der Waals surface area contributed by atoms with Crippen molar-refractivity contribution in [3.63, 3.8) is 0 Å². The number of carboxylic acid groups (broad SMARTS) is 1. The summed E-state index contributed by atoms with van der Waals surface area (Å²) >= 11 is 0. The lowest BCUT2D eigenvalue weighted by Gasteiger charge is -2.30. The van der Waals surface area contributed by atoms with Gasteiger partial charge in [0, 0.05) is 24.4 Å². The third-order valence-electron chi connectivity index (χ3n) is 7.16. The third kappa shape index (κ3) is 5.84. The average Bonchev–Trinajstić information content (AvgIpc) is 3.17. The second kappa shape index (κ2) is 11.4. The van der Waals surface area contributed by atoms with Crippen LogP contribution in [0.1, 0.15) is 68.9 Å². The number of hydrogen-bond acceptors (Lipinski definition) is 4. The number of amides is 2. The molecule has 2 aliphatic rings. The number of alkyl carbamates (subject to hydrolysis) is 1. The number of rotatable bonds is 9. The number of ether oxygens (including phenoxy) is 1. The highest BCUT2D eigenvalue weighted by Crippen LogP contribution is 2.44. The van der Waals surface area contributed by atoms with Crippen LogP contribution in [0.5, 0.6) is 0 Å².